The van der Waals surface area contributed by atoms with E-state index in [1.807, 2.05) is 23.1 Å². The highest BCUT2D eigenvalue weighted by Gasteiger charge is 2.34. The molecular weight excluding hydrogens is 408 g/mol. The van der Waals surface area contributed by atoms with Crippen LogP contribution in [0.1, 0.15) is 67.0 Å². The SMILES string of the molecule is Cc1cccc(-c2ccc3oc(C4CCCN4C(=O)c4ccc(C(C)(C)C)cc4)nc3c2)c1. The highest BCUT2D eigenvalue weighted by molar-refractivity contribution is 5.94. The molecule has 1 atom stereocenters. The molecule has 1 saturated heterocycles. The number of hydrogen-bond donors (Lipinski definition) is 0. The van der Waals surface area contributed by atoms with E-state index in [-0.39, 0.29) is 17.4 Å². The highest BCUT2D eigenvalue weighted by atomic mass is 16.3. The Morgan fingerprint density at radius 2 is 1.76 bits per heavy atom. The van der Waals surface area contributed by atoms with E-state index in [1.54, 1.807) is 0 Å². The zero-order valence-electron chi connectivity index (χ0n) is 19.8. The molecule has 1 aliphatic rings. The van der Waals surface area contributed by atoms with Gasteiger partial charge in [-0.1, -0.05) is 68.8 Å². The molecule has 1 aromatic heterocycles. The van der Waals surface area contributed by atoms with Crippen molar-refractivity contribution < 1.29 is 9.21 Å². The molecule has 1 aliphatic heterocycles. The van der Waals surface area contributed by atoms with E-state index < -0.39 is 0 Å². The summed E-state index contributed by atoms with van der Waals surface area (Å²) in [5.74, 6) is 0.671. The van der Waals surface area contributed by atoms with Gasteiger partial charge in [0.1, 0.15) is 11.6 Å². The Hall–Kier alpha value is -3.40. The Labute approximate surface area is 195 Å². The molecular formula is C29H30N2O2. The molecule has 1 amide bonds. The smallest absolute Gasteiger partial charge is 0.254 e. The van der Waals surface area contributed by atoms with Crippen molar-refractivity contribution in [1.82, 2.24) is 9.88 Å². The van der Waals surface area contributed by atoms with Crippen LogP contribution in [0.15, 0.2) is 71.1 Å². The molecule has 1 fully saturated rings. The normalized spacial score (nSPS) is 16.5. The first kappa shape index (κ1) is 21.4. The van der Waals surface area contributed by atoms with Crippen LogP contribution in [0.4, 0.5) is 0 Å². The zero-order chi connectivity index (χ0) is 23.2. The molecule has 0 radical (unpaired) electrons. The standard InChI is InChI=1S/C29H30N2O2/c1-19-7-5-8-21(17-19)22-12-15-26-24(18-22)30-27(33-26)25-9-6-16-31(25)28(32)20-10-13-23(14-11-20)29(2,3)4/h5,7-8,10-15,17-18,25H,6,9,16H2,1-4H3. The van der Waals surface area contributed by atoms with E-state index >= 15 is 0 Å². The van der Waals surface area contributed by atoms with Crippen molar-refractivity contribution >= 4 is 17.0 Å². The number of amides is 1. The molecule has 168 valence electrons. The van der Waals surface area contributed by atoms with Crippen LogP contribution in [0.2, 0.25) is 0 Å². The molecule has 0 spiro atoms. The van der Waals surface area contributed by atoms with Crippen LogP contribution < -0.4 is 0 Å². The van der Waals surface area contributed by atoms with Gasteiger partial charge in [-0.3, -0.25) is 4.79 Å². The molecule has 5 rings (SSSR count). The molecule has 4 aromatic rings. The Balaban J connectivity index is 1.42. The molecule has 0 N–H and O–H groups in total. The fourth-order valence-electron chi connectivity index (χ4n) is 4.64. The summed E-state index contributed by atoms with van der Waals surface area (Å²) in [6, 6.07) is 22.4. The van der Waals surface area contributed by atoms with E-state index in [0.29, 0.717) is 11.5 Å². The minimum absolute atomic E-state index is 0.0423. The number of aryl methyl sites for hydroxylation is 1. The molecule has 3 aromatic carbocycles. The average Bonchev–Trinajstić information content (AvgIpc) is 3.44. The van der Waals surface area contributed by atoms with Gasteiger partial charge < -0.3 is 9.32 Å². The lowest BCUT2D eigenvalue weighted by Crippen LogP contribution is -2.30. The maximum Gasteiger partial charge on any atom is 0.254 e. The van der Waals surface area contributed by atoms with Crippen molar-refractivity contribution in [3.63, 3.8) is 0 Å². The number of nitrogens with zero attached hydrogens (tertiary/aromatic N) is 2. The molecule has 4 nitrogen and oxygen atoms in total. The molecule has 0 aliphatic carbocycles. The molecule has 0 bridgehead atoms. The van der Waals surface area contributed by atoms with Crippen molar-refractivity contribution in [2.75, 3.05) is 6.54 Å². The summed E-state index contributed by atoms with van der Waals surface area (Å²) in [4.78, 5) is 20.1. The van der Waals surface area contributed by atoms with E-state index in [4.69, 9.17) is 9.40 Å². The van der Waals surface area contributed by atoms with Gasteiger partial charge in [0.15, 0.2) is 5.58 Å². The fourth-order valence-corrected chi connectivity index (χ4v) is 4.64. The number of benzene rings is 3. The van der Waals surface area contributed by atoms with E-state index in [9.17, 15) is 4.79 Å². The van der Waals surface area contributed by atoms with Gasteiger partial charge in [0.25, 0.3) is 5.91 Å². The van der Waals surface area contributed by atoms with Gasteiger partial charge in [-0.25, -0.2) is 4.98 Å². The summed E-state index contributed by atoms with van der Waals surface area (Å²) in [6.45, 7) is 9.35. The van der Waals surface area contributed by atoms with Gasteiger partial charge in [0.05, 0.1) is 0 Å². The van der Waals surface area contributed by atoms with E-state index in [0.717, 1.165) is 41.6 Å². The Morgan fingerprint density at radius 3 is 2.48 bits per heavy atom. The number of likely N-dealkylation sites (tertiary alicyclic amines) is 1. The summed E-state index contributed by atoms with van der Waals surface area (Å²) >= 11 is 0. The molecule has 4 heteroatoms. The van der Waals surface area contributed by atoms with Crippen molar-refractivity contribution in [3.8, 4) is 11.1 Å². The Morgan fingerprint density at radius 1 is 1.00 bits per heavy atom. The summed E-state index contributed by atoms with van der Waals surface area (Å²) in [6.07, 6.45) is 1.81. The fraction of sp³-hybridized carbons (Fsp3) is 0.310. The number of aromatic nitrogens is 1. The van der Waals surface area contributed by atoms with Crippen LogP contribution in [0.3, 0.4) is 0 Å². The van der Waals surface area contributed by atoms with Crippen LogP contribution in [-0.2, 0) is 5.41 Å². The maximum absolute atomic E-state index is 13.3. The Kier molecular flexibility index (Phi) is 5.32. The quantitative estimate of drug-likeness (QED) is 0.343. The summed E-state index contributed by atoms with van der Waals surface area (Å²) in [7, 11) is 0. The summed E-state index contributed by atoms with van der Waals surface area (Å²) < 4.78 is 6.14. The topological polar surface area (TPSA) is 46.3 Å². The van der Waals surface area contributed by atoms with E-state index in [2.05, 4.69) is 76.2 Å². The molecule has 2 heterocycles. The largest absolute Gasteiger partial charge is 0.438 e. The highest BCUT2D eigenvalue weighted by Crippen LogP contribution is 2.35. The van der Waals surface area contributed by atoms with Crippen molar-refractivity contribution in [2.45, 2.75) is 52.0 Å². The minimum atomic E-state index is -0.130. The second kappa shape index (κ2) is 8.18. The van der Waals surface area contributed by atoms with Crippen LogP contribution in [0, 0.1) is 6.92 Å². The lowest BCUT2D eigenvalue weighted by Gasteiger charge is -2.23. The lowest BCUT2D eigenvalue weighted by atomic mass is 9.86. The zero-order valence-corrected chi connectivity index (χ0v) is 19.8. The molecule has 1 unspecified atom stereocenters. The number of carbonyl (C=O) groups excluding carboxylic acids is 1. The second-order valence-corrected chi connectivity index (χ2v) is 10.1. The molecule has 33 heavy (non-hydrogen) atoms. The molecule has 0 saturated carbocycles. The second-order valence-electron chi connectivity index (χ2n) is 10.1. The summed E-state index contributed by atoms with van der Waals surface area (Å²) in [5.41, 5.74) is 7.10. The number of carbonyl (C=O) groups is 1. The third-order valence-electron chi connectivity index (χ3n) is 6.55. The lowest BCUT2D eigenvalue weighted by molar-refractivity contribution is 0.0717. The number of hydrogen-bond acceptors (Lipinski definition) is 3. The van der Waals surface area contributed by atoms with E-state index in [1.165, 1.54) is 11.1 Å². The van der Waals surface area contributed by atoms with Gasteiger partial charge in [-0.2, -0.15) is 0 Å². The van der Waals surface area contributed by atoms with Crippen molar-refractivity contribution in [1.29, 1.82) is 0 Å². The van der Waals surface area contributed by atoms with Gasteiger partial charge >= 0.3 is 0 Å². The third-order valence-corrected chi connectivity index (χ3v) is 6.55. The first-order valence-electron chi connectivity index (χ1n) is 11.7. The van der Waals surface area contributed by atoms with Crippen molar-refractivity contribution in [2.24, 2.45) is 0 Å². The maximum atomic E-state index is 13.3. The third kappa shape index (κ3) is 4.18. The van der Waals surface area contributed by atoms with Gasteiger partial charge in [-0.15, -0.1) is 0 Å². The van der Waals surface area contributed by atoms with Gasteiger partial charge in [-0.05, 0) is 66.1 Å². The van der Waals surface area contributed by atoms with Gasteiger partial charge in [0, 0.05) is 12.1 Å². The van der Waals surface area contributed by atoms with Gasteiger partial charge in [0.2, 0.25) is 5.89 Å². The van der Waals surface area contributed by atoms with Crippen LogP contribution >= 0.6 is 0 Å². The average molecular weight is 439 g/mol. The van der Waals surface area contributed by atoms with Crippen LogP contribution in [-0.4, -0.2) is 22.3 Å². The van der Waals surface area contributed by atoms with Crippen LogP contribution in [0.25, 0.3) is 22.2 Å². The Bertz CT molecular complexity index is 1310. The minimum Gasteiger partial charge on any atom is -0.438 e. The van der Waals surface area contributed by atoms with Crippen molar-refractivity contribution in [3.05, 3.63) is 89.3 Å². The number of fused-ring (bicyclic) bond motifs is 1. The first-order chi connectivity index (χ1) is 15.8. The first-order valence-corrected chi connectivity index (χ1v) is 11.7. The summed E-state index contributed by atoms with van der Waals surface area (Å²) in [5, 5.41) is 0. The predicted molar refractivity (Wildman–Crippen MR) is 132 cm³/mol. The van der Waals surface area contributed by atoms with Crippen LogP contribution in [0.5, 0.6) is 0 Å². The monoisotopic (exact) mass is 438 g/mol. The number of rotatable bonds is 3. The predicted octanol–water partition coefficient (Wildman–Crippen LogP) is 7.08. The number of oxazole rings is 1.